The molecule has 1 N–H and O–H groups in total. The van der Waals surface area contributed by atoms with Gasteiger partial charge in [-0.15, -0.1) is 11.3 Å². The van der Waals surface area contributed by atoms with Crippen molar-refractivity contribution < 1.29 is 0 Å². The molecule has 1 aliphatic rings. The van der Waals surface area contributed by atoms with E-state index in [9.17, 15) is 0 Å². The lowest BCUT2D eigenvalue weighted by atomic mass is 9.91. The number of nitrogens with zero attached hydrogens (tertiary/aromatic N) is 1. The molecule has 1 unspecified atom stereocenters. The van der Waals surface area contributed by atoms with Crippen LogP contribution in [-0.4, -0.2) is 17.6 Å². The van der Waals surface area contributed by atoms with Crippen molar-refractivity contribution in [2.24, 2.45) is 5.92 Å². The molecular weight excluding hydrogens is 204 g/mol. The highest BCUT2D eigenvalue weighted by molar-refractivity contribution is 7.11. The van der Waals surface area contributed by atoms with Crippen molar-refractivity contribution in [1.29, 1.82) is 0 Å². The number of aryl methyl sites for hydroxylation is 2. The second-order valence-corrected chi connectivity index (χ2v) is 6.06. The topological polar surface area (TPSA) is 24.9 Å². The summed E-state index contributed by atoms with van der Waals surface area (Å²) in [5.74, 6) is 0.793. The molecule has 0 bridgehead atoms. The Kier molecular flexibility index (Phi) is 3.42. The maximum atomic E-state index is 4.62. The SMILES string of the molecule is Cc1nc2c(s1)CCC(CNC(C)C)C2. The van der Waals surface area contributed by atoms with Gasteiger partial charge in [0.1, 0.15) is 0 Å². The third-order valence-corrected chi connectivity index (χ3v) is 4.03. The zero-order chi connectivity index (χ0) is 10.8. The second kappa shape index (κ2) is 4.62. The number of rotatable bonds is 3. The minimum Gasteiger partial charge on any atom is -0.314 e. The zero-order valence-corrected chi connectivity index (χ0v) is 10.7. The van der Waals surface area contributed by atoms with E-state index in [0.29, 0.717) is 6.04 Å². The number of hydrogen-bond acceptors (Lipinski definition) is 3. The van der Waals surface area contributed by atoms with Gasteiger partial charge in [-0.2, -0.15) is 0 Å². The highest BCUT2D eigenvalue weighted by Gasteiger charge is 2.21. The van der Waals surface area contributed by atoms with Gasteiger partial charge in [0.2, 0.25) is 0 Å². The first-order valence-electron chi connectivity index (χ1n) is 5.83. The fourth-order valence-corrected chi connectivity index (χ4v) is 3.13. The third-order valence-electron chi connectivity index (χ3n) is 2.96. The maximum absolute atomic E-state index is 4.62. The predicted molar refractivity (Wildman–Crippen MR) is 65.5 cm³/mol. The highest BCUT2D eigenvalue weighted by Crippen LogP contribution is 2.29. The van der Waals surface area contributed by atoms with Crippen LogP contribution in [0.2, 0.25) is 0 Å². The Morgan fingerprint density at radius 2 is 2.33 bits per heavy atom. The smallest absolute Gasteiger partial charge is 0.0900 e. The van der Waals surface area contributed by atoms with Crippen molar-refractivity contribution in [2.75, 3.05) is 6.54 Å². The van der Waals surface area contributed by atoms with Gasteiger partial charge in [-0.05, 0) is 38.6 Å². The summed E-state index contributed by atoms with van der Waals surface area (Å²) in [4.78, 5) is 6.15. The molecule has 3 heteroatoms. The van der Waals surface area contributed by atoms with Crippen LogP contribution in [0, 0.1) is 12.8 Å². The van der Waals surface area contributed by atoms with E-state index in [1.54, 1.807) is 0 Å². The lowest BCUT2D eigenvalue weighted by Crippen LogP contribution is -2.31. The fourth-order valence-electron chi connectivity index (χ4n) is 2.15. The molecule has 84 valence electrons. The van der Waals surface area contributed by atoms with Gasteiger partial charge in [0.05, 0.1) is 10.7 Å². The Labute approximate surface area is 96.1 Å². The van der Waals surface area contributed by atoms with Gasteiger partial charge in [-0.3, -0.25) is 0 Å². The molecule has 0 aromatic carbocycles. The first-order chi connectivity index (χ1) is 7.15. The van der Waals surface area contributed by atoms with Gasteiger partial charge in [-0.1, -0.05) is 13.8 Å². The monoisotopic (exact) mass is 224 g/mol. The third kappa shape index (κ3) is 2.79. The van der Waals surface area contributed by atoms with Gasteiger partial charge in [0.25, 0.3) is 0 Å². The Balaban J connectivity index is 1.93. The van der Waals surface area contributed by atoms with E-state index < -0.39 is 0 Å². The van der Waals surface area contributed by atoms with Crippen LogP contribution in [0.5, 0.6) is 0 Å². The lowest BCUT2D eigenvalue weighted by molar-refractivity contribution is 0.405. The summed E-state index contributed by atoms with van der Waals surface area (Å²) in [6, 6.07) is 0.601. The molecule has 0 radical (unpaired) electrons. The molecule has 2 nitrogen and oxygen atoms in total. The summed E-state index contributed by atoms with van der Waals surface area (Å²) < 4.78 is 0. The molecule has 1 atom stereocenters. The zero-order valence-electron chi connectivity index (χ0n) is 9.84. The van der Waals surface area contributed by atoms with E-state index in [1.165, 1.54) is 34.8 Å². The molecule has 0 amide bonds. The minimum atomic E-state index is 0.601. The molecule has 0 fully saturated rings. The van der Waals surface area contributed by atoms with Gasteiger partial charge < -0.3 is 5.32 Å². The fraction of sp³-hybridized carbons (Fsp3) is 0.750. The molecule has 0 spiro atoms. The highest BCUT2D eigenvalue weighted by atomic mass is 32.1. The van der Waals surface area contributed by atoms with E-state index >= 15 is 0 Å². The van der Waals surface area contributed by atoms with Gasteiger partial charge in [-0.25, -0.2) is 4.98 Å². The molecule has 15 heavy (non-hydrogen) atoms. The van der Waals surface area contributed by atoms with E-state index in [2.05, 4.69) is 31.1 Å². The molecular formula is C12H20N2S. The number of thiazole rings is 1. The van der Waals surface area contributed by atoms with Crippen LogP contribution in [0.1, 0.15) is 35.8 Å². The summed E-state index contributed by atoms with van der Waals surface area (Å²) in [6.07, 6.45) is 3.75. The molecule has 1 aliphatic carbocycles. The van der Waals surface area contributed by atoms with Crippen molar-refractivity contribution >= 4 is 11.3 Å². The van der Waals surface area contributed by atoms with Crippen molar-refractivity contribution in [3.8, 4) is 0 Å². The van der Waals surface area contributed by atoms with Crippen molar-refractivity contribution in [3.05, 3.63) is 15.6 Å². The Hall–Kier alpha value is -0.410. The molecule has 2 rings (SSSR count). The van der Waals surface area contributed by atoms with Crippen LogP contribution >= 0.6 is 11.3 Å². The first-order valence-corrected chi connectivity index (χ1v) is 6.65. The standard InChI is InChI=1S/C12H20N2S/c1-8(2)13-7-10-4-5-12-11(6-10)14-9(3)15-12/h8,10,13H,4-7H2,1-3H3. The molecule has 1 heterocycles. The van der Waals surface area contributed by atoms with Crippen molar-refractivity contribution in [3.63, 3.8) is 0 Å². The number of fused-ring (bicyclic) bond motifs is 1. The number of hydrogen-bond donors (Lipinski definition) is 1. The molecule has 1 aromatic rings. The normalized spacial score (nSPS) is 20.7. The average molecular weight is 224 g/mol. The second-order valence-electron chi connectivity index (χ2n) is 4.77. The predicted octanol–water partition coefficient (Wildman–Crippen LogP) is 2.55. The Morgan fingerprint density at radius 1 is 1.53 bits per heavy atom. The minimum absolute atomic E-state index is 0.601. The van der Waals surface area contributed by atoms with Gasteiger partial charge in [0, 0.05) is 10.9 Å². The van der Waals surface area contributed by atoms with Gasteiger partial charge >= 0.3 is 0 Å². The van der Waals surface area contributed by atoms with E-state index in [0.717, 1.165) is 12.5 Å². The molecule has 1 aromatic heterocycles. The van der Waals surface area contributed by atoms with Crippen LogP contribution in [-0.2, 0) is 12.8 Å². The number of aromatic nitrogens is 1. The van der Waals surface area contributed by atoms with Crippen LogP contribution < -0.4 is 5.32 Å². The summed E-state index contributed by atoms with van der Waals surface area (Å²) in [7, 11) is 0. The van der Waals surface area contributed by atoms with E-state index in [4.69, 9.17) is 0 Å². The quantitative estimate of drug-likeness (QED) is 0.853. The van der Waals surface area contributed by atoms with Gasteiger partial charge in [0.15, 0.2) is 0 Å². The summed E-state index contributed by atoms with van der Waals surface area (Å²) in [6.45, 7) is 7.68. The van der Waals surface area contributed by atoms with Crippen molar-refractivity contribution in [2.45, 2.75) is 46.1 Å². The summed E-state index contributed by atoms with van der Waals surface area (Å²) in [5.41, 5.74) is 1.37. The largest absolute Gasteiger partial charge is 0.314 e. The maximum Gasteiger partial charge on any atom is 0.0900 e. The van der Waals surface area contributed by atoms with Crippen LogP contribution in [0.4, 0.5) is 0 Å². The molecule has 0 saturated carbocycles. The van der Waals surface area contributed by atoms with Crippen molar-refractivity contribution in [1.82, 2.24) is 10.3 Å². The summed E-state index contributed by atoms with van der Waals surface area (Å²) in [5, 5.41) is 4.76. The Bertz CT molecular complexity index is 330. The van der Waals surface area contributed by atoms with Crippen LogP contribution in [0.25, 0.3) is 0 Å². The lowest BCUT2D eigenvalue weighted by Gasteiger charge is -2.22. The number of nitrogens with one attached hydrogen (secondary N) is 1. The van der Waals surface area contributed by atoms with Crippen LogP contribution in [0.15, 0.2) is 0 Å². The Morgan fingerprint density at radius 3 is 3.07 bits per heavy atom. The van der Waals surface area contributed by atoms with E-state index in [-0.39, 0.29) is 0 Å². The average Bonchev–Trinajstić information content (AvgIpc) is 2.53. The summed E-state index contributed by atoms with van der Waals surface area (Å²) >= 11 is 1.89. The van der Waals surface area contributed by atoms with E-state index in [1.807, 2.05) is 11.3 Å². The molecule has 0 aliphatic heterocycles. The molecule has 0 saturated heterocycles. The van der Waals surface area contributed by atoms with Crippen LogP contribution in [0.3, 0.4) is 0 Å². The first kappa shape index (κ1) is 11.1.